The summed E-state index contributed by atoms with van der Waals surface area (Å²) >= 11 is 0. The van der Waals surface area contributed by atoms with Gasteiger partial charge in [-0.3, -0.25) is 19.6 Å². The van der Waals surface area contributed by atoms with Crippen molar-refractivity contribution in [2.24, 2.45) is 0 Å². The Morgan fingerprint density at radius 2 is 1.56 bits per heavy atom. The predicted molar refractivity (Wildman–Crippen MR) is 91.0 cm³/mol. The molecule has 0 saturated heterocycles. The molecule has 0 aromatic heterocycles. The first-order chi connectivity index (χ1) is 12.2. The first-order valence-electron chi connectivity index (χ1n) is 8.24. The van der Waals surface area contributed by atoms with Crippen molar-refractivity contribution in [3.05, 3.63) is 70.3 Å². The van der Waals surface area contributed by atoms with Gasteiger partial charge in [-0.15, -0.1) is 0 Å². The summed E-state index contributed by atoms with van der Waals surface area (Å²) in [5.74, 6) is -1.02. The Morgan fingerprint density at radius 3 is 2.24 bits per heavy atom. The summed E-state index contributed by atoms with van der Waals surface area (Å²) in [6.07, 6.45) is 4.71. The molecule has 2 amide bonds. The van der Waals surface area contributed by atoms with E-state index >= 15 is 0 Å². The summed E-state index contributed by atoms with van der Waals surface area (Å²) < 4.78 is 0. The second-order valence-corrected chi connectivity index (χ2v) is 6.05. The smallest absolute Gasteiger partial charge is 0.274 e. The number of hydroxylamine groups is 2. The minimum absolute atomic E-state index is 0.258. The maximum absolute atomic E-state index is 12.0. The second-order valence-electron chi connectivity index (χ2n) is 6.05. The van der Waals surface area contributed by atoms with Crippen LogP contribution >= 0.6 is 0 Å². The van der Waals surface area contributed by atoms with E-state index in [2.05, 4.69) is 17.6 Å². The van der Waals surface area contributed by atoms with Crippen LogP contribution < -0.4 is 11.0 Å². The van der Waals surface area contributed by atoms with Crippen LogP contribution in [0.25, 0.3) is 0 Å². The number of carbonyl (C=O) groups excluding carboxylic acids is 2. The largest absolute Gasteiger partial charge is 0.288 e. The lowest BCUT2D eigenvalue weighted by Gasteiger charge is -2.16. The van der Waals surface area contributed by atoms with Gasteiger partial charge in [-0.1, -0.05) is 18.2 Å². The van der Waals surface area contributed by atoms with Crippen LogP contribution in [-0.2, 0) is 24.3 Å². The molecule has 0 spiro atoms. The number of aryl methyl sites for hydroxylation is 2. The Hall–Kier alpha value is -2.70. The van der Waals surface area contributed by atoms with E-state index in [-0.39, 0.29) is 5.56 Å². The molecule has 0 radical (unpaired) electrons. The van der Waals surface area contributed by atoms with Crippen LogP contribution in [0.4, 0.5) is 0 Å². The molecule has 2 aromatic rings. The minimum Gasteiger partial charge on any atom is -0.288 e. The van der Waals surface area contributed by atoms with Crippen LogP contribution in [0.5, 0.6) is 0 Å². The fourth-order valence-electron chi connectivity index (χ4n) is 2.96. The van der Waals surface area contributed by atoms with Crippen LogP contribution in [0.15, 0.2) is 42.5 Å². The Bertz CT molecular complexity index is 771. The normalized spacial score (nSPS) is 13.0. The lowest BCUT2D eigenvalue weighted by Crippen LogP contribution is -2.24. The molecule has 0 saturated carbocycles. The van der Waals surface area contributed by atoms with Crippen molar-refractivity contribution >= 4 is 11.8 Å². The van der Waals surface area contributed by atoms with E-state index < -0.39 is 11.8 Å². The molecule has 0 fully saturated rings. The van der Waals surface area contributed by atoms with Gasteiger partial charge in [-0.25, -0.2) is 11.0 Å². The van der Waals surface area contributed by atoms with E-state index in [9.17, 15) is 9.59 Å². The van der Waals surface area contributed by atoms with Crippen molar-refractivity contribution in [3.8, 4) is 0 Å². The number of hydrogen-bond acceptors (Lipinski definition) is 4. The van der Waals surface area contributed by atoms with Gasteiger partial charge in [0.05, 0.1) is 6.61 Å². The molecule has 0 unspecified atom stereocenters. The quantitative estimate of drug-likeness (QED) is 0.576. The van der Waals surface area contributed by atoms with Crippen LogP contribution in [0, 0.1) is 0 Å². The Balaban J connectivity index is 1.53. The van der Waals surface area contributed by atoms with E-state index in [1.807, 2.05) is 6.07 Å². The van der Waals surface area contributed by atoms with Gasteiger partial charge >= 0.3 is 0 Å². The zero-order valence-corrected chi connectivity index (χ0v) is 13.7. The highest BCUT2D eigenvalue weighted by Crippen LogP contribution is 2.22. The van der Waals surface area contributed by atoms with Crippen molar-refractivity contribution in [1.29, 1.82) is 0 Å². The molecule has 6 nitrogen and oxygen atoms in total. The molecule has 1 aliphatic carbocycles. The van der Waals surface area contributed by atoms with Crippen LogP contribution in [0.2, 0.25) is 0 Å². The molecule has 3 rings (SSSR count). The molecule has 0 heterocycles. The monoisotopic (exact) mass is 340 g/mol. The third-order valence-corrected chi connectivity index (χ3v) is 4.33. The topological polar surface area (TPSA) is 87.7 Å². The summed E-state index contributed by atoms with van der Waals surface area (Å²) in [6, 6.07) is 12.2. The van der Waals surface area contributed by atoms with Crippen LogP contribution in [0.3, 0.4) is 0 Å². The lowest BCUT2D eigenvalue weighted by atomic mass is 9.90. The van der Waals surface area contributed by atoms with E-state index in [1.54, 1.807) is 0 Å². The molecule has 0 atom stereocenters. The van der Waals surface area contributed by atoms with Gasteiger partial charge < -0.3 is 0 Å². The second kappa shape index (κ2) is 7.92. The summed E-state index contributed by atoms with van der Waals surface area (Å²) in [6.45, 7) is 0.296. The van der Waals surface area contributed by atoms with Gasteiger partial charge in [0.2, 0.25) is 0 Å². The maximum Gasteiger partial charge on any atom is 0.274 e. The molecule has 130 valence electrons. The van der Waals surface area contributed by atoms with Gasteiger partial charge in [-0.05, 0) is 66.6 Å². The molecule has 0 bridgehead atoms. The zero-order valence-electron chi connectivity index (χ0n) is 13.7. The summed E-state index contributed by atoms with van der Waals surface area (Å²) in [7, 11) is 0. The first kappa shape index (κ1) is 17.1. The lowest BCUT2D eigenvalue weighted by molar-refractivity contribution is 0.0233. The van der Waals surface area contributed by atoms with Crippen molar-refractivity contribution < 1.29 is 19.6 Å². The van der Waals surface area contributed by atoms with Crippen LogP contribution in [0.1, 0.15) is 50.2 Å². The summed E-state index contributed by atoms with van der Waals surface area (Å²) in [5, 5.41) is 8.57. The molecule has 0 aliphatic heterocycles. The highest BCUT2D eigenvalue weighted by molar-refractivity contribution is 5.97. The Kier molecular flexibility index (Phi) is 5.42. The average Bonchev–Trinajstić information content (AvgIpc) is 2.67. The number of benzene rings is 2. The molecule has 6 heteroatoms. The van der Waals surface area contributed by atoms with Gasteiger partial charge in [0, 0.05) is 11.1 Å². The number of fused-ring (bicyclic) bond motifs is 1. The van der Waals surface area contributed by atoms with E-state index in [0.717, 1.165) is 18.4 Å². The van der Waals surface area contributed by atoms with Gasteiger partial charge in [0.15, 0.2) is 0 Å². The third-order valence-electron chi connectivity index (χ3n) is 4.33. The first-order valence-corrected chi connectivity index (χ1v) is 8.24. The molecule has 2 aromatic carbocycles. The van der Waals surface area contributed by atoms with Crippen molar-refractivity contribution in [3.63, 3.8) is 0 Å². The molecule has 3 N–H and O–H groups in total. The Labute approximate surface area is 145 Å². The number of rotatable bonds is 5. The molecular formula is C19H20N2O4. The fraction of sp³-hybridized carbons (Fsp3) is 0.263. The number of amides is 2. The summed E-state index contributed by atoms with van der Waals surface area (Å²) in [4.78, 5) is 28.6. The van der Waals surface area contributed by atoms with Crippen molar-refractivity contribution in [1.82, 2.24) is 11.0 Å². The van der Waals surface area contributed by atoms with E-state index in [4.69, 9.17) is 10.0 Å². The van der Waals surface area contributed by atoms with Gasteiger partial charge in [0.1, 0.15) is 0 Å². The maximum atomic E-state index is 12.0. The van der Waals surface area contributed by atoms with Crippen molar-refractivity contribution in [2.45, 2.75) is 32.3 Å². The fourth-order valence-corrected chi connectivity index (χ4v) is 2.96. The van der Waals surface area contributed by atoms with E-state index in [0.29, 0.717) is 12.2 Å². The van der Waals surface area contributed by atoms with E-state index in [1.165, 1.54) is 53.7 Å². The number of hydrogen-bond donors (Lipinski definition) is 3. The summed E-state index contributed by atoms with van der Waals surface area (Å²) in [5.41, 5.74) is 8.36. The molecule has 25 heavy (non-hydrogen) atoms. The molecule has 1 aliphatic rings. The predicted octanol–water partition coefficient (Wildman–Crippen LogP) is 2.55. The van der Waals surface area contributed by atoms with Crippen LogP contribution in [-0.4, -0.2) is 17.0 Å². The van der Waals surface area contributed by atoms with Gasteiger partial charge in [0.25, 0.3) is 11.8 Å². The third kappa shape index (κ3) is 4.23. The standard InChI is InChI=1S/C19H20N2O4/c22-18(20-24)15-7-9-16(10-8-15)19(23)21-25-12-13-5-6-14-3-1-2-4-17(14)11-13/h5-11,24H,1-4,12H2,(H,20,22)(H,21,23). The van der Waals surface area contributed by atoms with Gasteiger partial charge in [-0.2, -0.15) is 0 Å². The highest BCUT2D eigenvalue weighted by atomic mass is 16.6. The SMILES string of the molecule is O=C(NO)c1ccc(C(=O)NOCc2ccc3c(c2)CCCC3)cc1. The highest BCUT2D eigenvalue weighted by Gasteiger charge is 2.11. The minimum atomic E-state index is -0.629. The molecular weight excluding hydrogens is 320 g/mol. The number of carbonyl (C=O) groups is 2. The number of nitrogens with one attached hydrogen (secondary N) is 2. The van der Waals surface area contributed by atoms with Crippen molar-refractivity contribution in [2.75, 3.05) is 0 Å². The average molecular weight is 340 g/mol. The zero-order chi connectivity index (χ0) is 17.6. The Morgan fingerprint density at radius 1 is 0.920 bits per heavy atom.